The summed E-state index contributed by atoms with van der Waals surface area (Å²) >= 11 is 7.34. The Morgan fingerprint density at radius 2 is 1.81 bits per heavy atom. The molecule has 1 N–H and O–H groups in total. The highest BCUT2D eigenvalue weighted by atomic mass is 35.5. The Kier molecular flexibility index (Phi) is 6.86. The third-order valence-corrected chi connectivity index (χ3v) is 9.61. The van der Waals surface area contributed by atoms with Gasteiger partial charge < -0.3 is 9.05 Å². The number of nitrogens with zero attached hydrogens (tertiary/aromatic N) is 1. The summed E-state index contributed by atoms with van der Waals surface area (Å²) in [5, 5.41) is 0.973. The summed E-state index contributed by atoms with van der Waals surface area (Å²) in [6.45, 7) is 4.02. The van der Waals surface area contributed by atoms with E-state index in [1.54, 1.807) is 32.0 Å². The van der Waals surface area contributed by atoms with Gasteiger partial charge in [-0.25, -0.2) is 13.4 Å². The highest BCUT2D eigenvalue weighted by Crippen LogP contribution is 2.51. The quantitative estimate of drug-likeness (QED) is 0.464. The van der Waals surface area contributed by atoms with Crippen molar-refractivity contribution < 1.29 is 22.0 Å². The number of amidine groups is 1. The van der Waals surface area contributed by atoms with Crippen LogP contribution >= 0.6 is 31.0 Å². The van der Waals surface area contributed by atoms with Gasteiger partial charge in [0.15, 0.2) is 5.17 Å². The zero-order valence-electron chi connectivity index (χ0n) is 17.4. The molecule has 0 amide bonds. The minimum atomic E-state index is -3.82. The molecule has 1 aliphatic heterocycles. The molecular weight excluding hydrogens is 491 g/mol. The van der Waals surface area contributed by atoms with E-state index >= 15 is 0 Å². The third kappa shape index (κ3) is 4.98. The van der Waals surface area contributed by atoms with E-state index in [-0.39, 0.29) is 30.3 Å². The summed E-state index contributed by atoms with van der Waals surface area (Å²) in [4.78, 5) is 5.59. The lowest BCUT2D eigenvalue weighted by molar-refractivity contribution is 0.219. The normalized spacial score (nSPS) is 17.5. The van der Waals surface area contributed by atoms with Crippen molar-refractivity contribution >= 4 is 52.2 Å². The van der Waals surface area contributed by atoms with E-state index in [9.17, 15) is 13.0 Å². The highest BCUT2D eigenvalue weighted by Gasteiger charge is 2.33. The second kappa shape index (κ2) is 9.33. The molecule has 0 saturated carbocycles. The Morgan fingerprint density at radius 3 is 2.47 bits per heavy atom. The molecule has 11 heteroatoms. The molecule has 0 radical (unpaired) electrons. The van der Waals surface area contributed by atoms with Crippen LogP contribution in [0.2, 0.25) is 5.02 Å². The van der Waals surface area contributed by atoms with E-state index in [1.807, 2.05) is 18.2 Å². The maximum absolute atomic E-state index is 12.9. The lowest BCUT2D eigenvalue weighted by Crippen LogP contribution is -2.27. The molecule has 1 unspecified atom stereocenters. The molecule has 7 nitrogen and oxygen atoms in total. The first kappa shape index (κ1) is 23.5. The average molecular weight is 513 g/mol. The van der Waals surface area contributed by atoms with Crippen LogP contribution in [0.25, 0.3) is 6.08 Å². The number of hydrogen-bond acceptors (Lipinski definition) is 7. The van der Waals surface area contributed by atoms with Crippen LogP contribution in [0.5, 0.6) is 0 Å². The van der Waals surface area contributed by atoms with E-state index in [0.717, 1.165) is 16.0 Å². The molecule has 0 aromatic heterocycles. The van der Waals surface area contributed by atoms with Crippen molar-refractivity contribution in [1.82, 2.24) is 4.72 Å². The monoisotopic (exact) mass is 512 g/mol. The first-order valence-electron chi connectivity index (χ1n) is 9.99. The highest BCUT2D eigenvalue weighted by molar-refractivity contribution is 8.18. The topological polar surface area (TPSA) is 94.1 Å². The molecule has 1 aliphatic carbocycles. The van der Waals surface area contributed by atoms with Gasteiger partial charge in [-0.3, -0.25) is 9.29 Å². The minimum absolute atomic E-state index is 0.0737. The van der Waals surface area contributed by atoms with Crippen molar-refractivity contribution in [3.8, 4) is 0 Å². The van der Waals surface area contributed by atoms with Crippen LogP contribution in [0.3, 0.4) is 0 Å². The Hall–Kier alpha value is -1.61. The van der Waals surface area contributed by atoms with Gasteiger partial charge in [0, 0.05) is 9.93 Å². The lowest BCUT2D eigenvalue weighted by atomic mass is 10.1. The van der Waals surface area contributed by atoms with Crippen molar-refractivity contribution in [2.75, 3.05) is 13.2 Å². The number of benzene rings is 2. The Morgan fingerprint density at radius 1 is 1.12 bits per heavy atom. The van der Waals surface area contributed by atoms with E-state index in [1.165, 1.54) is 23.9 Å². The fourth-order valence-corrected chi connectivity index (χ4v) is 7.65. The molecule has 0 saturated heterocycles. The average Bonchev–Trinajstić information content (AvgIpc) is 3.24. The van der Waals surface area contributed by atoms with Crippen LogP contribution in [0, 0.1) is 0 Å². The molecule has 32 heavy (non-hydrogen) atoms. The standard InChI is InChI=1S/C21H22ClN2O5PS2/c1-3-28-30(25,29-4-2)13-14-5-8-17(9-6-14)32(26,27)24-21-23-20-18-10-7-16(22)11-15(18)12-19(20)31-21/h5-12,20H,3-4,13H2,1-2H3,(H,23,24). The maximum atomic E-state index is 12.9. The third-order valence-electron chi connectivity index (χ3n) is 4.85. The summed E-state index contributed by atoms with van der Waals surface area (Å²) in [7, 11) is -7.09. The Labute approximate surface area is 196 Å². The number of hydrogen-bond donors (Lipinski definition) is 1. The number of rotatable bonds is 8. The zero-order valence-corrected chi connectivity index (χ0v) is 20.7. The van der Waals surface area contributed by atoms with Crippen molar-refractivity contribution in [2.24, 2.45) is 4.99 Å². The van der Waals surface area contributed by atoms with Crippen LogP contribution in [0.4, 0.5) is 0 Å². The first-order chi connectivity index (χ1) is 15.2. The first-order valence-corrected chi connectivity index (χ1v) is 14.4. The van der Waals surface area contributed by atoms with Crippen molar-refractivity contribution in [3.05, 3.63) is 69.1 Å². The predicted octanol–water partition coefficient (Wildman–Crippen LogP) is 5.58. The van der Waals surface area contributed by atoms with Crippen LogP contribution in [0.15, 0.2) is 57.3 Å². The van der Waals surface area contributed by atoms with Gasteiger partial charge in [0.05, 0.1) is 24.3 Å². The van der Waals surface area contributed by atoms with Gasteiger partial charge in [-0.05, 0) is 60.9 Å². The van der Waals surface area contributed by atoms with Crippen molar-refractivity contribution in [1.29, 1.82) is 0 Å². The summed E-state index contributed by atoms with van der Waals surface area (Å²) in [6.07, 6.45) is 2.05. The molecule has 2 aromatic carbocycles. The van der Waals surface area contributed by atoms with Gasteiger partial charge in [-0.1, -0.05) is 41.6 Å². The van der Waals surface area contributed by atoms with Crippen LogP contribution in [0.1, 0.15) is 36.6 Å². The molecule has 0 spiro atoms. The summed E-state index contributed by atoms with van der Waals surface area (Å²) in [5.74, 6) is 0. The maximum Gasteiger partial charge on any atom is 0.335 e. The van der Waals surface area contributed by atoms with Crippen LogP contribution < -0.4 is 4.72 Å². The zero-order chi connectivity index (χ0) is 22.9. The fourth-order valence-electron chi connectivity index (χ4n) is 3.52. The smallest absolute Gasteiger partial charge is 0.309 e. The second-order valence-electron chi connectivity index (χ2n) is 7.11. The number of aliphatic imine (C=N–C) groups is 1. The van der Waals surface area contributed by atoms with Gasteiger partial charge in [-0.15, -0.1) is 0 Å². The van der Waals surface area contributed by atoms with Gasteiger partial charge in [0.2, 0.25) is 0 Å². The SMILES string of the molecule is CCOP(=O)(Cc1ccc(S(=O)(=O)NC2=NC3C(=Cc4cc(Cl)ccc43)S2)cc1)OCC. The predicted molar refractivity (Wildman–Crippen MR) is 129 cm³/mol. The fraction of sp³-hybridized carbons (Fsp3) is 0.286. The van der Waals surface area contributed by atoms with E-state index in [4.69, 9.17) is 20.6 Å². The largest absolute Gasteiger partial charge is 0.335 e. The molecule has 0 fully saturated rings. The van der Waals surface area contributed by atoms with E-state index in [0.29, 0.717) is 15.8 Å². The number of thioether (sulfide) groups is 1. The van der Waals surface area contributed by atoms with Gasteiger partial charge in [0.25, 0.3) is 10.0 Å². The van der Waals surface area contributed by atoms with Crippen LogP contribution in [-0.2, 0) is 29.8 Å². The summed E-state index contributed by atoms with van der Waals surface area (Å²) < 4.78 is 51.6. The molecule has 1 heterocycles. The molecule has 2 aromatic rings. The van der Waals surface area contributed by atoms with Gasteiger partial charge in [0.1, 0.15) is 6.04 Å². The molecular formula is C21H22ClN2O5PS2. The van der Waals surface area contributed by atoms with Gasteiger partial charge in [-0.2, -0.15) is 0 Å². The molecule has 0 bridgehead atoms. The van der Waals surface area contributed by atoms with Gasteiger partial charge >= 0.3 is 7.60 Å². The summed E-state index contributed by atoms with van der Waals surface area (Å²) in [6, 6.07) is 11.5. The number of fused-ring (bicyclic) bond motifs is 3. The minimum Gasteiger partial charge on any atom is -0.309 e. The van der Waals surface area contributed by atoms with Crippen LogP contribution in [-0.4, -0.2) is 26.8 Å². The van der Waals surface area contributed by atoms with E-state index in [2.05, 4.69) is 9.71 Å². The Balaban J connectivity index is 1.47. The second-order valence-corrected chi connectivity index (χ2v) is 12.3. The molecule has 4 rings (SSSR count). The molecule has 2 aliphatic rings. The Bertz CT molecular complexity index is 1240. The van der Waals surface area contributed by atoms with E-state index < -0.39 is 17.6 Å². The number of nitrogens with one attached hydrogen (secondary N) is 1. The number of halogens is 1. The van der Waals surface area contributed by atoms with Crippen molar-refractivity contribution in [2.45, 2.75) is 30.9 Å². The number of sulfonamides is 1. The molecule has 1 atom stereocenters. The lowest BCUT2D eigenvalue weighted by Gasteiger charge is -2.17. The van der Waals surface area contributed by atoms with Crippen molar-refractivity contribution in [3.63, 3.8) is 0 Å². The summed E-state index contributed by atoms with van der Waals surface area (Å²) in [5.41, 5.74) is 2.67. The molecule has 170 valence electrons.